The molecular formula is C22H21FN6O3S. The van der Waals surface area contributed by atoms with Gasteiger partial charge in [-0.3, -0.25) is 4.79 Å². The Hall–Kier alpha value is -3.57. The lowest BCUT2D eigenvalue weighted by atomic mass is 10.1. The zero-order chi connectivity index (χ0) is 23.2. The number of hydrogen-bond acceptors (Lipinski definition) is 5. The van der Waals surface area contributed by atoms with Crippen molar-refractivity contribution in [3.05, 3.63) is 72.7 Å². The highest BCUT2D eigenvalue weighted by molar-refractivity contribution is 7.89. The minimum Gasteiger partial charge on any atom is -0.358 e. The number of piperazine rings is 1. The van der Waals surface area contributed by atoms with E-state index in [0.717, 1.165) is 0 Å². The molecule has 4 aromatic rings. The number of carbonyl (C=O) groups is 1. The molecule has 11 heteroatoms. The Kier molecular flexibility index (Phi) is 5.22. The average molecular weight is 469 g/mol. The molecule has 0 aliphatic carbocycles. The van der Waals surface area contributed by atoms with Gasteiger partial charge < -0.3 is 9.88 Å². The van der Waals surface area contributed by atoms with E-state index in [0.29, 0.717) is 16.8 Å². The number of hydrogen-bond donors (Lipinski definition) is 1. The lowest BCUT2D eigenvalue weighted by Crippen LogP contribution is -2.55. The van der Waals surface area contributed by atoms with E-state index in [2.05, 4.69) is 15.1 Å². The van der Waals surface area contributed by atoms with Crippen molar-refractivity contribution in [2.75, 3.05) is 19.6 Å². The molecule has 33 heavy (non-hydrogen) atoms. The van der Waals surface area contributed by atoms with E-state index >= 15 is 0 Å². The number of sulfonamides is 1. The summed E-state index contributed by atoms with van der Waals surface area (Å²) in [7, 11) is -4.04. The first kappa shape index (κ1) is 21.3. The number of nitrogens with one attached hydrogen (secondary N) is 1. The Balaban J connectivity index is 1.46. The zero-order valence-electron chi connectivity index (χ0n) is 17.7. The summed E-state index contributed by atoms with van der Waals surface area (Å²) < 4.78 is 44.8. The maximum atomic E-state index is 14.9. The van der Waals surface area contributed by atoms with E-state index in [1.165, 1.54) is 40.0 Å². The Morgan fingerprint density at radius 2 is 1.94 bits per heavy atom. The maximum absolute atomic E-state index is 14.9. The molecule has 9 nitrogen and oxygen atoms in total. The molecule has 2 aromatic carbocycles. The Bertz CT molecular complexity index is 1420. The molecule has 3 heterocycles. The van der Waals surface area contributed by atoms with Crippen LogP contribution in [0.25, 0.3) is 16.6 Å². The van der Waals surface area contributed by atoms with E-state index in [4.69, 9.17) is 0 Å². The molecule has 0 saturated carbocycles. The smallest absolute Gasteiger partial charge is 0.253 e. The van der Waals surface area contributed by atoms with Crippen molar-refractivity contribution in [2.45, 2.75) is 17.9 Å². The number of halogens is 1. The summed E-state index contributed by atoms with van der Waals surface area (Å²) in [6.45, 7) is 2.33. The number of fused-ring (bicyclic) bond motifs is 1. The lowest BCUT2D eigenvalue weighted by molar-refractivity contribution is 0.0642. The van der Waals surface area contributed by atoms with Crippen molar-refractivity contribution in [3.8, 4) is 5.69 Å². The van der Waals surface area contributed by atoms with Crippen LogP contribution in [-0.2, 0) is 10.0 Å². The molecule has 0 spiro atoms. The molecule has 1 amide bonds. The van der Waals surface area contributed by atoms with Crippen LogP contribution in [-0.4, -0.2) is 69.0 Å². The fourth-order valence-corrected chi connectivity index (χ4v) is 6.04. The molecule has 1 saturated heterocycles. The summed E-state index contributed by atoms with van der Waals surface area (Å²) in [5.41, 5.74) is 1.35. The van der Waals surface area contributed by atoms with Crippen molar-refractivity contribution in [1.82, 2.24) is 29.0 Å². The molecular weight excluding hydrogens is 447 g/mol. The number of carbonyl (C=O) groups excluding carboxylic acids is 1. The fourth-order valence-electron chi connectivity index (χ4n) is 4.26. The second-order valence-corrected chi connectivity index (χ2v) is 9.75. The normalized spacial score (nSPS) is 17.5. The Morgan fingerprint density at radius 1 is 1.15 bits per heavy atom. The van der Waals surface area contributed by atoms with Gasteiger partial charge >= 0.3 is 0 Å². The third-order valence-corrected chi connectivity index (χ3v) is 7.89. The van der Waals surface area contributed by atoms with Gasteiger partial charge in [0.15, 0.2) is 0 Å². The number of rotatable bonds is 4. The highest BCUT2D eigenvalue weighted by Crippen LogP contribution is 2.33. The van der Waals surface area contributed by atoms with E-state index in [1.807, 2.05) is 6.07 Å². The predicted octanol–water partition coefficient (Wildman–Crippen LogP) is 2.42. The number of benzene rings is 2. The van der Waals surface area contributed by atoms with Crippen molar-refractivity contribution >= 4 is 26.8 Å². The first-order valence-electron chi connectivity index (χ1n) is 10.4. The van der Waals surface area contributed by atoms with Crippen LogP contribution in [0.2, 0.25) is 0 Å². The van der Waals surface area contributed by atoms with Crippen LogP contribution in [0.5, 0.6) is 0 Å². The molecule has 170 valence electrons. The average Bonchev–Trinajstić information content (AvgIpc) is 3.50. The van der Waals surface area contributed by atoms with Gasteiger partial charge in [0.25, 0.3) is 5.91 Å². The van der Waals surface area contributed by atoms with Crippen LogP contribution in [0, 0.1) is 5.82 Å². The molecule has 1 N–H and O–H groups in total. The summed E-state index contributed by atoms with van der Waals surface area (Å²) in [4.78, 5) is 21.1. The standard InChI is InChI=1S/C22H21FN6O3S/c1-15-12-27(22(30)16-5-3-2-4-6-16)9-10-29(15)33(31,32)19-11-25-21-18(28-14-24-13-26-28)8-7-17(23)20(19)21/h2-8,11,13-15,25H,9-10,12H2,1H3/t15-/m0/s1. The number of nitrogens with zero attached hydrogens (tertiary/aromatic N) is 5. The molecule has 1 atom stereocenters. The van der Waals surface area contributed by atoms with E-state index in [9.17, 15) is 17.6 Å². The summed E-state index contributed by atoms with van der Waals surface area (Å²) in [6.07, 6.45) is 4.10. The first-order valence-corrected chi connectivity index (χ1v) is 11.8. The molecule has 0 bridgehead atoms. The summed E-state index contributed by atoms with van der Waals surface area (Å²) >= 11 is 0. The van der Waals surface area contributed by atoms with Gasteiger partial charge in [0, 0.05) is 37.4 Å². The van der Waals surface area contributed by atoms with Crippen LogP contribution in [0.15, 0.2) is 66.2 Å². The van der Waals surface area contributed by atoms with Gasteiger partial charge in [0.05, 0.1) is 16.6 Å². The largest absolute Gasteiger partial charge is 0.358 e. The highest BCUT2D eigenvalue weighted by Gasteiger charge is 2.37. The van der Waals surface area contributed by atoms with E-state index < -0.39 is 21.9 Å². The summed E-state index contributed by atoms with van der Waals surface area (Å²) in [5, 5.41) is 4.03. The van der Waals surface area contributed by atoms with Crippen molar-refractivity contribution in [2.24, 2.45) is 0 Å². The topological polar surface area (TPSA) is 104 Å². The van der Waals surface area contributed by atoms with Crippen LogP contribution < -0.4 is 0 Å². The van der Waals surface area contributed by atoms with Gasteiger partial charge in [-0.2, -0.15) is 9.40 Å². The molecule has 1 fully saturated rings. The SMILES string of the molecule is C[C@H]1CN(C(=O)c2ccccc2)CCN1S(=O)(=O)c1c[nH]c2c(-n3cncn3)ccc(F)c12. The highest BCUT2D eigenvalue weighted by atomic mass is 32.2. The second-order valence-electron chi connectivity index (χ2n) is 7.89. The first-order chi connectivity index (χ1) is 15.9. The van der Waals surface area contributed by atoms with E-state index in [1.54, 1.807) is 36.1 Å². The van der Waals surface area contributed by atoms with Crippen LogP contribution >= 0.6 is 0 Å². The Morgan fingerprint density at radius 3 is 2.64 bits per heavy atom. The fraction of sp³-hybridized carbons (Fsp3) is 0.227. The van der Waals surface area contributed by atoms with Gasteiger partial charge in [0.1, 0.15) is 23.4 Å². The monoisotopic (exact) mass is 468 g/mol. The number of aromatic nitrogens is 4. The van der Waals surface area contributed by atoms with Gasteiger partial charge in [0.2, 0.25) is 10.0 Å². The molecule has 1 aliphatic rings. The van der Waals surface area contributed by atoms with Gasteiger partial charge in [-0.05, 0) is 31.2 Å². The van der Waals surface area contributed by atoms with Gasteiger partial charge in [-0.25, -0.2) is 22.5 Å². The van der Waals surface area contributed by atoms with Crippen molar-refractivity contribution < 1.29 is 17.6 Å². The number of aromatic amines is 1. The quantitative estimate of drug-likeness (QED) is 0.495. The third kappa shape index (κ3) is 3.58. The van der Waals surface area contributed by atoms with Crippen LogP contribution in [0.3, 0.4) is 0 Å². The molecule has 0 radical (unpaired) electrons. The zero-order valence-corrected chi connectivity index (χ0v) is 18.5. The Labute approximate surface area is 189 Å². The maximum Gasteiger partial charge on any atom is 0.253 e. The minimum atomic E-state index is -4.04. The number of amides is 1. The van der Waals surface area contributed by atoms with Crippen molar-refractivity contribution in [3.63, 3.8) is 0 Å². The third-order valence-electron chi connectivity index (χ3n) is 5.85. The van der Waals surface area contributed by atoms with E-state index in [-0.39, 0.29) is 35.8 Å². The minimum absolute atomic E-state index is 0.0296. The molecule has 2 aromatic heterocycles. The lowest BCUT2D eigenvalue weighted by Gasteiger charge is -2.38. The van der Waals surface area contributed by atoms with Crippen LogP contribution in [0.1, 0.15) is 17.3 Å². The molecule has 1 aliphatic heterocycles. The predicted molar refractivity (Wildman–Crippen MR) is 119 cm³/mol. The number of H-pyrrole nitrogens is 1. The molecule has 5 rings (SSSR count). The van der Waals surface area contributed by atoms with Crippen LogP contribution in [0.4, 0.5) is 4.39 Å². The molecule has 0 unspecified atom stereocenters. The summed E-state index contributed by atoms with van der Waals surface area (Å²) in [5.74, 6) is -0.797. The summed E-state index contributed by atoms with van der Waals surface area (Å²) in [6, 6.07) is 11.1. The second kappa shape index (κ2) is 8.09. The van der Waals surface area contributed by atoms with Gasteiger partial charge in [-0.1, -0.05) is 18.2 Å². The van der Waals surface area contributed by atoms with Crippen molar-refractivity contribution in [1.29, 1.82) is 0 Å². The van der Waals surface area contributed by atoms with Gasteiger partial charge in [-0.15, -0.1) is 0 Å².